The van der Waals surface area contributed by atoms with Crippen LogP contribution in [-0.4, -0.2) is 47.2 Å². The molecule has 162 valence electrons. The van der Waals surface area contributed by atoms with E-state index < -0.39 is 0 Å². The van der Waals surface area contributed by atoms with Crippen molar-refractivity contribution in [2.45, 2.75) is 51.4 Å². The van der Waals surface area contributed by atoms with E-state index in [1.54, 1.807) is 6.07 Å². The number of hydrogen-bond acceptors (Lipinski definition) is 6. The Hall–Kier alpha value is -2.12. The molecule has 0 bridgehead atoms. The monoisotopic (exact) mass is 431 g/mol. The standard InChI is InChI=1S/C22H30ClN5O2/c23-19-15-17(25-20(29)16-7-2-1-3-8-16)9-10-18(19)21-26-27-22(30-21)24-11-6-14-28-12-4-5-13-28/h9-10,15-16H,1-8,11-14H2,(H,24,27)(H,25,29). The molecule has 0 spiro atoms. The Labute approximate surface area is 182 Å². The van der Waals surface area contributed by atoms with Crippen LogP contribution in [-0.2, 0) is 4.79 Å². The smallest absolute Gasteiger partial charge is 0.315 e. The van der Waals surface area contributed by atoms with Crippen LogP contribution in [0.2, 0.25) is 5.02 Å². The van der Waals surface area contributed by atoms with Crippen molar-refractivity contribution in [2.24, 2.45) is 5.92 Å². The van der Waals surface area contributed by atoms with Gasteiger partial charge in [0.1, 0.15) is 0 Å². The van der Waals surface area contributed by atoms with Crippen LogP contribution in [0.3, 0.4) is 0 Å². The van der Waals surface area contributed by atoms with Crippen molar-refractivity contribution in [1.29, 1.82) is 0 Å². The second-order valence-electron chi connectivity index (χ2n) is 8.26. The van der Waals surface area contributed by atoms with E-state index in [2.05, 4.69) is 25.7 Å². The van der Waals surface area contributed by atoms with Crippen molar-refractivity contribution in [3.8, 4) is 11.5 Å². The minimum atomic E-state index is 0.0803. The van der Waals surface area contributed by atoms with Gasteiger partial charge in [0.15, 0.2) is 0 Å². The molecule has 1 aliphatic carbocycles. The van der Waals surface area contributed by atoms with Crippen molar-refractivity contribution in [1.82, 2.24) is 15.1 Å². The van der Waals surface area contributed by atoms with Crippen molar-refractivity contribution < 1.29 is 9.21 Å². The molecule has 30 heavy (non-hydrogen) atoms. The molecular formula is C22H30ClN5O2. The summed E-state index contributed by atoms with van der Waals surface area (Å²) in [7, 11) is 0. The number of nitrogens with one attached hydrogen (secondary N) is 2. The van der Waals surface area contributed by atoms with E-state index in [-0.39, 0.29) is 11.8 Å². The van der Waals surface area contributed by atoms with E-state index >= 15 is 0 Å². The average Bonchev–Trinajstić information content (AvgIpc) is 3.44. The van der Waals surface area contributed by atoms with Crippen molar-refractivity contribution in [2.75, 3.05) is 36.8 Å². The van der Waals surface area contributed by atoms with Crippen LogP contribution in [0.1, 0.15) is 51.4 Å². The lowest BCUT2D eigenvalue weighted by molar-refractivity contribution is -0.120. The third kappa shape index (κ3) is 5.52. The minimum Gasteiger partial charge on any atom is -0.403 e. The highest BCUT2D eigenvalue weighted by Crippen LogP contribution is 2.31. The number of rotatable bonds is 8. The highest BCUT2D eigenvalue weighted by atomic mass is 35.5. The summed E-state index contributed by atoms with van der Waals surface area (Å²) < 4.78 is 5.72. The minimum absolute atomic E-state index is 0.0803. The van der Waals surface area contributed by atoms with Gasteiger partial charge >= 0.3 is 6.01 Å². The van der Waals surface area contributed by atoms with Crippen LogP contribution in [0, 0.1) is 5.92 Å². The zero-order chi connectivity index (χ0) is 20.8. The molecule has 1 amide bonds. The molecule has 1 saturated carbocycles. The number of carbonyl (C=O) groups is 1. The molecule has 2 fully saturated rings. The van der Waals surface area contributed by atoms with Gasteiger partial charge in [0.25, 0.3) is 5.89 Å². The van der Waals surface area contributed by atoms with Crippen molar-refractivity contribution in [3.63, 3.8) is 0 Å². The van der Waals surface area contributed by atoms with Crippen molar-refractivity contribution in [3.05, 3.63) is 23.2 Å². The van der Waals surface area contributed by atoms with E-state index in [0.29, 0.717) is 28.2 Å². The van der Waals surface area contributed by atoms with Crippen LogP contribution >= 0.6 is 11.6 Å². The summed E-state index contributed by atoms with van der Waals surface area (Å²) in [5.41, 5.74) is 1.35. The molecule has 7 nitrogen and oxygen atoms in total. The van der Waals surface area contributed by atoms with Crippen LogP contribution in [0.15, 0.2) is 22.6 Å². The fourth-order valence-electron chi connectivity index (χ4n) is 4.28. The molecule has 2 aliphatic rings. The lowest BCUT2D eigenvalue weighted by atomic mass is 9.88. The molecule has 1 aromatic heterocycles. The number of nitrogens with zero attached hydrogens (tertiary/aromatic N) is 3. The topological polar surface area (TPSA) is 83.3 Å². The summed E-state index contributed by atoms with van der Waals surface area (Å²) >= 11 is 6.44. The molecule has 1 aliphatic heterocycles. The Bertz CT molecular complexity index is 844. The van der Waals surface area contributed by atoms with Crippen LogP contribution in [0.5, 0.6) is 0 Å². The van der Waals surface area contributed by atoms with Gasteiger partial charge in [-0.3, -0.25) is 4.79 Å². The largest absolute Gasteiger partial charge is 0.403 e. The Kier molecular flexibility index (Phi) is 7.23. The predicted octanol–water partition coefficient (Wildman–Crippen LogP) is 4.81. The summed E-state index contributed by atoms with van der Waals surface area (Å²) in [6.45, 7) is 4.30. The zero-order valence-electron chi connectivity index (χ0n) is 17.3. The van der Waals surface area contributed by atoms with E-state index in [0.717, 1.165) is 45.2 Å². The summed E-state index contributed by atoms with van der Waals surface area (Å²) in [6.07, 6.45) is 9.07. The van der Waals surface area contributed by atoms with Gasteiger partial charge in [0.05, 0.1) is 10.6 Å². The Morgan fingerprint density at radius 2 is 1.93 bits per heavy atom. The molecular weight excluding hydrogens is 402 g/mol. The fourth-order valence-corrected chi connectivity index (χ4v) is 4.54. The molecule has 2 aromatic rings. The Morgan fingerprint density at radius 3 is 2.70 bits per heavy atom. The molecule has 8 heteroatoms. The highest BCUT2D eigenvalue weighted by molar-refractivity contribution is 6.33. The van der Waals surface area contributed by atoms with Gasteiger partial charge in [-0.2, -0.15) is 0 Å². The first-order chi connectivity index (χ1) is 14.7. The highest BCUT2D eigenvalue weighted by Gasteiger charge is 2.21. The normalized spacial score (nSPS) is 17.9. The Morgan fingerprint density at radius 1 is 1.13 bits per heavy atom. The number of aromatic nitrogens is 2. The summed E-state index contributed by atoms with van der Waals surface area (Å²) in [6, 6.07) is 5.78. The number of hydrogen-bond donors (Lipinski definition) is 2. The number of benzene rings is 1. The number of carbonyl (C=O) groups excluding carboxylic acids is 1. The van der Waals surface area contributed by atoms with Gasteiger partial charge in [-0.15, -0.1) is 5.10 Å². The van der Waals surface area contributed by atoms with Gasteiger partial charge < -0.3 is 20.0 Å². The first kappa shape index (κ1) is 21.1. The first-order valence-electron chi connectivity index (χ1n) is 11.1. The predicted molar refractivity (Wildman–Crippen MR) is 119 cm³/mol. The lowest BCUT2D eigenvalue weighted by Gasteiger charge is -2.20. The SMILES string of the molecule is O=C(Nc1ccc(-c2nnc(NCCCN3CCCC3)o2)c(Cl)c1)C1CCCCC1. The second kappa shape index (κ2) is 10.3. The van der Waals surface area contributed by atoms with Gasteiger partial charge in [-0.1, -0.05) is 36.0 Å². The zero-order valence-corrected chi connectivity index (χ0v) is 18.1. The molecule has 0 atom stereocenters. The maximum atomic E-state index is 12.4. The lowest BCUT2D eigenvalue weighted by Crippen LogP contribution is -2.24. The van der Waals surface area contributed by atoms with Crippen molar-refractivity contribution >= 4 is 29.2 Å². The summed E-state index contributed by atoms with van der Waals surface area (Å²) in [4.78, 5) is 14.9. The van der Waals surface area contributed by atoms with Gasteiger partial charge in [-0.25, -0.2) is 0 Å². The Balaban J connectivity index is 1.30. The third-order valence-electron chi connectivity index (χ3n) is 5.99. The van der Waals surface area contributed by atoms with E-state index in [4.69, 9.17) is 16.0 Å². The van der Waals surface area contributed by atoms with Crippen LogP contribution in [0.25, 0.3) is 11.5 Å². The molecule has 2 N–H and O–H groups in total. The van der Waals surface area contributed by atoms with E-state index in [1.807, 2.05) is 12.1 Å². The van der Waals surface area contributed by atoms with E-state index in [9.17, 15) is 4.79 Å². The number of halogens is 1. The average molecular weight is 432 g/mol. The van der Waals surface area contributed by atoms with Crippen LogP contribution in [0.4, 0.5) is 11.7 Å². The molecule has 2 heterocycles. The maximum absolute atomic E-state index is 12.4. The number of likely N-dealkylation sites (tertiary alicyclic amines) is 1. The molecule has 1 saturated heterocycles. The van der Waals surface area contributed by atoms with Gasteiger partial charge in [0.2, 0.25) is 5.91 Å². The van der Waals surface area contributed by atoms with Crippen LogP contribution < -0.4 is 10.6 Å². The third-order valence-corrected chi connectivity index (χ3v) is 6.31. The molecule has 0 radical (unpaired) electrons. The second-order valence-corrected chi connectivity index (χ2v) is 8.67. The maximum Gasteiger partial charge on any atom is 0.315 e. The fraction of sp³-hybridized carbons (Fsp3) is 0.591. The number of anilines is 2. The molecule has 1 aromatic carbocycles. The van der Waals surface area contributed by atoms with Gasteiger partial charge in [0, 0.05) is 18.2 Å². The first-order valence-corrected chi connectivity index (χ1v) is 11.5. The summed E-state index contributed by atoms with van der Waals surface area (Å²) in [5, 5.41) is 14.8. The molecule has 4 rings (SSSR count). The summed E-state index contributed by atoms with van der Waals surface area (Å²) in [5.74, 6) is 0.552. The van der Waals surface area contributed by atoms with E-state index in [1.165, 1.54) is 32.4 Å². The molecule has 0 unspecified atom stereocenters. The van der Waals surface area contributed by atoms with Gasteiger partial charge in [-0.05, 0) is 69.9 Å². The number of amides is 1. The quantitative estimate of drug-likeness (QED) is 0.584.